The first-order valence-corrected chi connectivity index (χ1v) is 7.68. The molecule has 5 heteroatoms. The molecule has 0 spiro atoms. The molecule has 4 nitrogen and oxygen atoms in total. The third kappa shape index (κ3) is 11.8. The summed E-state index contributed by atoms with van der Waals surface area (Å²) in [6, 6.07) is 0. The predicted molar refractivity (Wildman–Crippen MR) is 80.2 cm³/mol. The Balaban J connectivity index is 3.44. The molecule has 0 aliphatic heterocycles. The number of guanidine groups is 1. The Bertz CT molecular complexity index is 195. The summed E-state index contributed by atoms with van der Waals surface area (Å²) >= 11 is 1.91. The summed E-state index contributed by atoms with van der Waals surface area (Å²) < 4.78 is 0. The highest BCUT2D eigenvalue weighted by Crippen LogP contribution is 1.97. The molecular formula is C12H28N4S. The summed E-state index contributed by atoms with van der Waals surface area (Å²) in [6.45, 7) is 3.09. The lowest BCUT2D eigenvalue weighted by molar-refractivity contribution is 0.399. The number of nitrogens with zero attached hydrogens (tertiary/aromatic N) is 2. The lowest BCUT2D eigenvalue weighted by Crippen LogP contribution is -2.38. The van der Waals surface area contributed by atoms with Crippen LogP contribution in [-0.4, -0.2) is 63.6 Å². The largest absolute Gasteiger partial charge is 0.356 e. The normalized spacial score (nSPS) is 11.9. The minimum Gasteiger partial charge on any atom is -0.356 e. The fraction of sp³-hybridized carbons (Fsp3) is 0.917. The van der Waals surface area contributed by atoms with E-state index in [1.54, 1.807) is 0 Å². The van der Waals surface area contributed by atoms with Crippen molar-refractivity contribution in [1.29, 1.82) is 0 Å². The van der Waals surface area contributed by atoms with Gasteiger partial charge in [0.25, 0.3) is 0 Å². The zero-order chi connectivity index (χ0) is 12.9. The summed E-state index contributed by atoms with van der Waals surface area (Å²) in [5.41, 5.74) is 0. The molecule has 0 heterocycles. The van der Waals surface area contributed by atoms with Crippen molar-refractivity contribution in [3.63, 3.8) is 0 Å². The average molecular weight is 260 g/mol. The van der Waals surface area contributed by atoms with Crippen LogP contribution < -0.4 is 10.6 Å². The van der Waals surface area contributed by atoms with E-state index < -0.39 is 0 Å². The molecule has 0 rings (SSSR count). The third-order valence-electron chi connectivity index (χ3n) is 2.37. The van der Waals surface area contributed by atoms with Crippen molar-refractivity contribution in [2.45, 2.75) is 19.3 Å². The molecule has 102 valence electrons. The van der Waals surface area contributed by atoms with E-state index >= 15 is 0 Å². The van der Waals surface area contributed by atoms with Gasteiger partial charge in [0.15, 0.2) is 5.96 Å². The summed E-state index contributed by atoms with van der Waals surface area (Å²) in [7, 11) is 6.01. The zero-order valence-electron chi connectivity index (χ0n) is 11.8. The Morgan fingerprint density at radius 1 is 1.12 bits per heavy atom. The molecule has 2 N–H and O–H groups in total. The maximum Gasteiger partial charge on any atom is 0.190 e. The van der Waals surface area contributed by atoms with Gasteiger partial charge in [0.1, 0.15) is 0 Å². The first-order valence-electron chi connectivity index (χ1n) is 6.29. The molecule has 0 aromatic heterocycles. The van der Waals surface area contributed by atoms with E-state index in [9.17, 15) is 0 Å². The monoisotopic (exact) mass is 260 g/mol. The van der Waals surface area contributed by atoms with Gasteiger partial charge in [-0.15, -0.1) is 0 Å². The molecular weight excluding hydrogens is 232 g/mol. The van der Waals surface area contributed by atoms with Crippen LogP contribution in [0.1, 0.15) is 19.3 Å². The van der Waals surface area contributed by atoms with Crippen LogP contribution >= 0.6 is 11.8 Å². The van der Waals surface area contributed by atoms with Crippen LogP contribution in [0, 0.1) is 0 Å². The molecule has 0 saturated carbocycles. The molecule has 0 bridgehead atoms. The average Bonchev–Trinajstić information content (AvgIpc) is 2.31. The molecule has 0 aliphatic rings. The number of aliphatic imine (C=N–C) groups is 1. The van der Waals surface area contributed by atoms with E-state index in [0.29, 0.717) is 0 Å². The number of hydrogen-bond donors (Lipinski definition) is 2. The van der Waals surface area contributed by atoms with Gasteiger partial charge < -0.3 is 15.5 Å². The maximum absolute atomic E-state index is 4.20. The number of thioether (sulfide) groups is 1. The highest BCUT2D eigenvalue weighted by atomic mass is 32.2. The van der Waals surface area contributed by atoms with Crippen molar-refractivity contribution in [2.75, 3.05) is 52.8 Å². The fourth-order valence-corrected chi connectivity index (χ4v) is 1.89. The van der Waals surface area contributed by atoms with E-state index in [-0.39, 0.29) is 0 Å². The molecule has 0 fully saturated rings. The van der Waals surface area contributed by atoms with E-state index in [0.717, 1.165) is 32.0 Å². The van der Waals surface area contributed by atoms with Crippen LogP contribution in [0.4, 0.5) is 0 Å². The zero-order valence-corrected chi connectivity index (χ0v) is 12.6. The Labute approximate surface area is 111 Å². The molecule has 0 amide bonds. The van der Waals surface area contributed by atoms with Crippen molar-refractivity contribution in [3.8, 4) is 0 Å². The van der Waals surface area contributed by atoms with Gasteiger partial charge in [0.2, 0.25) is 0 Å². The Morgan fingerprint density at radius 3 is 2.29 bits per heavy atom. The maximum atomic E-state index is 4.20. The number of unbranched alkanes of at least 4 members (excludes halogenated alkanes) is 1. The van der Waals surface area contributed by atoms with Crippen molar-refractivity contribution in [2.24, 2.45) is 4.99 Å². The van der Waals surface area contributed by atoms with E-state index in [4.69, 9.17) is 0 Å². The standard InChI is InChI=1S/C12H28N4S/c1-13-12(14-8-5-6-11-17-4)15-9-7-10-16(2)3/h5-11H2,1-4H3,(H2,13,14,15). The first kappa shape index (κ1) is 16.6. The van der Waals surface area contributed by atoms with Gasteiger partial charge in [0, 0.05) is 20.1 Å². The van der Waals surface area contributed by atoms with E-state index in [1.165, 1.54) is 18.6 Å². The quantitative estimate of drug-likeness (QED) is 0.372. The molecule has 17 heavy (non-hydrogen) atoms. The van der Waals surface area contributed by atoms with Gasteiger partial charge in [0.05, 0.1) is 0 Å². The minimum atomic E-state index is 0.924. The van der Waals surface area contributed by atoms with Crippen LogP contribution in [0.5, 0.6) is 0 Å². The second kappa shape index (κ2) is 12.0. The van der Waals surface area contributed by atoms with Crippen molar-refractivity contribution < 1.29 is 0 Å². The van der Waals surface area contributed by atoms with Crippen LogP contribution in [0.25, 0.3) is 0 Å². The molecule has 0 aliphatic carbocycles. The number of hydrogen-bond acceptors (Lipinski definition) is 3. The van der Waals surface area contributed by atoms with Gasteiger partial charge >= 0.3 is 0 Å². The van der Waals surface area contributed by atoms with Crippen molar-refractivity contribution >= 4 is 17.7 Å². The van der Waals surface area contributed by atoms with Gasteiger partial charge in [-0.25, -0.2) is 0 Å². The fourth-order valence-electron chi connectivity index (χ4n) is 1.40. The summed E-state index contributed by atoms with van der Waals surface area (Å²) in [5, 5.41) is 6.66. The molecule has 0 radical (unpaired) electrons. The van der Waals surface area contributed by atoms with Crippen molar-refractivity contribution in [3.05, 3.63) is 0 Å². The van der Waals surface area contributed by atoms with Crippen LogP contribution in [-0.2, 0) is 0 Å². The van der Waals surface area contributed by atoms with Crippen LogP contribution in [0.3, 0.4) is 0 Å². The molecule has 0 saturated heterocycles. The second-order valence-electron chi connectivity index (χ2n) is 4.28. The van der Waals surface area contributed by atoms with Gasteiger partial charge in [-0.05, 0) is 51.9 Å². The topological polar surface area (TPSA) is 39.7 Å². The SMILES string of the molecule is CN=C(NCCCCSC)NCCCN(C)C. The summed E-state index contributed by atoms with van der Waals surface area (Å²) in [4.78, 5) is 6.39. The van der Waals surface area contributed by atoms with Gasteiger partial charge in [-0.1, -0.05) is 0 Å². The lowest BCUT2D eigenvalue weighted by Gasteiger charge is -2.13. The van der Waals surface area contributed by atoms with Gasteiger partial charge in [-0.2, -0.15) is 11.8 Å². The van der Waals surface area contributed by atoms with Crippen LogP contribution in [0.2, 0.25) is 0 Å². The highest BCUT2D eigenvalue weighted by molar-refractivity contribution is 7.98. The second-order valence-corrected chi connectivity index (χ2v) is 5.27. The van der Waals surface area contributed by atoms with E-state index in [2.05, 4.69) is 40.9 Å². The smallest absolute Gasteiger partial charge is 0.190 e. The first-order chi connectivity index (χ1) is 8.20. The number of rotatable bonds is 9. The lowest BCUT2D eigenvalue weighted by atomic mass is 10.3. The van der Waals surface area contributed by atoms with E-state index in [1.807, 2.05) is 18.8 Å². The Hall–Kier alpha value is -0.420. The molecule has 0 unspecified atom stereocenters. The summed E-state index contributed by atoms with van der Waals surface area (Å²) in [6.07, 6.45) is 5.77. The molecule has 0 aromatic carbocycles. The third-order valence-corrected chi connectivity index (χ3v) is 3.06. The van der Waals surface area contributed by atoms with Gasteiger partial charge in [-0.3, -0.25) is 4.99 Å². The Kier molecular flexibility index (Phi) is 11.8. The molecule has 0 aromatic rings. The summed E-state index contributed by atoms with van der Waals surface area (Å²) in [5.74, 6) is 2.17. The molecule has 0 atom stereocenters. The van der Waals surface area contributed by atoms with Crippen molar-refractivity contribution in [1.82, 2.24) is 15.5 Å². The minimum absolute atomic E-state index is 0.924. The predicted octanol–water partition coefficient (Wildman–Crippen LogP) is 1.25. The highest BCUT2D eigenvalue weighted by Gasteiger charge is 1.96. The number of nitrogens with one attached hydrogen (secondary N) is 2. The Morgan fingerprint density at radius 2 is 1.76 bits per heavy atom. The van der Waals surface area contributed by atoms with Crippen LogP contribution in [0.15, 0.2) is 4.99 Å².